The predicted molar refractivity (Wildman–Crippen MR) is 52.0 cm³/mol. The zero-order valence-corrected chi connectivity index (χ0v) is 8.15. The van der Waals surface area contributed by atoms with Crippen LogP contribution in [0.1, 0.15) is 10.4 Å². The second kappa shape index (κ2) is 3.14. The van der Waals surface area contributed by atoms with Crippen LogP contribution in [0.25, 0.3) is 0 Å². The lowest BCUT2D eigenvalue weighted by atomic mass is 10.0. The average molecular weight is 206 g/mol. The van der Waals surface area contributed by atoms with E-state index in [-0.39, 0.29) is 17.3 Å². The minimum Gasteiger partial charge on any atom is -0.381 e. The quantitative estimate of drug-likeness (QED) is 0.691. The van der Waals surface area contributed by atoms with Crippen molar-refractivity contribution in [3.05, 3.63) is 35.6 Å². The summed E-state index contributed by atoms with van der Waals surface area (Å²) in [5.41, 5.74) is 0.233. The van der Waals surface area contributed by atoms with Crippen LogP contribution in [0, 0.1) is 23.6 Å². The molecule has 15 heavy (non-hydrogen) atoms. The number of Topliss-reactive ketones (excluding diaryl/α,β-unsaturated/α-hetero) is 1. The molecule has 1 aromatic carbocycles. The Balaban J connectivity index is 1.84. The molecule has 0 radical (unpaired) electrons. The van der Waals surface area contributed by atoms with Crippen molar-refractivity contribution in [1.82, 2.24) is 0 Å². The first-order chi connectivity index (χ1) is 7.29. The SMILES string of the molecule is O=C(c1ccccc1F)C1C2COCC21. The van der Waals surface area contributed by atoms with Gasteiger partial charge in [-0.15, -0.1) is 0 Å². The lowest BCUT2D eigenvalue weighted by molar-refractivity contribution is 0.0889. The summed E-state index contributed by atoms with van der Waals surface area (Å²) < 4.78 is 18.6. The minimum atomic E-state index is -0.409. The van der Waals surface area contributed by atoms with Gasteiger partial charge in [-0.3, -0.25) is 4.79 Å². The number of carbonyl (C=O) groups excluding carboxylic acids is 1. The van der Waals surface area contributed by atoms with Gasteiger partial charge < -0.3 is 4.74 Å². The number of ether oxygens (including phenoxy) is 1. The highest BCUT2D eigenvalue weighted by Crippen LogP contribution is 2.52. The van der Waals surface area contributed by atoms with Crippen LogP contribution in [0.15, 0.2) is 24.3 Å². The molecule has 2 unspecified atom stereocenters. The van der Waals surface area contributed by atoms with Gasteiger partial charge in [0.2, 0.25) is 0 Å². The normalized spacial score (nSPS) is 32.5. The van der Waals surface area contributed by atoms with Crippen molar-refractivity contribution in [2.24, 2.45) is 17.8 Å². The summed E-state index contributed by atoms with van der Waals surface area (Å²) in [5.74, 6) is 0.240. The van der Waals surface area contributed by atoms with E-state index in [2.05, 4.69) is 0 Å². The molecule has 2 fully saturated rings. The fourth-order valence-corrected chi connectivity index (χ4v) is 2.47. The highest BCUT2D eigenvalue weighted by molar-refractivity contribution is 6.00. The number of halogens is 1. The van der Waals surface area contributed by atoms with E-state index in [0.29, 0.717) is 25.0 Å². The van der Waals surface area contributed by atoms with Gasteiger partial charge in [0, 0.05) is 5.92 Å². The number of carbonyl (C=O) groups is 1. The Hall–Kier alpha value is -1.22. The molecule has 0 bridgehead atoms. The number of ketones is 1. The third-order valence-electron chi connectivity index (χ3n) is 3.39. The smallest absolute Gasteiger partial charge is 0.169 e. The van der Waals surface area contributed by atoms with Gasteiger partial charge in [0.25, 0.3) is 0 Å². The lowest BCUT2D eigenvalue weighted by Crippen LogP contribution is -2.11. The van der Waals surface area contributed by atoms with Crippen LogP contribution in [-0.4, -0.2) is 19.0 Å². The molecule has 1 aromatic rings. The second-order valence-corrected chi connectivity index (χ2v) is 4.24. The van der Waals surface area contributed by atoms with E-state index in [0.717, 1.165) is 0 Å². The number of benzene rings is 1. The molecule has 2 aliphatic rings. The molecule has 1 aliphatic heterocycles. The van der Waals surface area contributed by atoms with Crippen LogP contribution in [0.4, 0.5) is 4.39 Å². The Labute approximate surface area is 87.0 Å². The van der Waals surface area contributed by atoms with Crippen molar-refractivity contribution >= 4 is 5.78 Å². The molecular weight excluding hydrogens is 195 g/mol. The van der Waals surface area contributed by atoms with Gasteiger partial charge in [-0.2, -0.15) is 0 Å². The molecule has 0 N–H and O–H groups in total. The van der Waals surface area contributed by atoms with Crippen LogP contribution in [0.3, 0.4) is 0 Å². The van der Waals surface area contributed by atoms with E-state index in [4.69, 9.17) is 4.74 Å². The highest BCUT2D eigenvalue weighted by atomic mass is 19.1. The Kier molecular flexibility index (Phi) is 1.89. The summed E-state index contributed by atoms with van der Waals surface area (Å²) in [6.45, 7) is 1.32. The maximum Gasteiger partial charge on any atom is 0.169 e. The molecule has 2 nitrogen and oxygen atoms in total. The van der Waals surface area contributed by atoms with E-state index in [9.17, 15) is 9.18 Å². The summed E-state index contributed by atoms with van der Waals surface area (Å²) in [6, 6.07) is 6.20. The Bertz CT molecular complexity index is 406. The third-order valence-corrected chi connectivity index (χ3v) is 3.39. The summed E-state index contributed by atoms with van der Waals surface area (Å²) in [5, 5.41) is 0. The molecule has 2 atom stereocenters. The van der Waals surface area contributed by atoms with Gasteiger partial charge in [-0.05, 0) is 24.0 Å². The molecule has 78 valence electrons. The first-order valence-electron chi connectivity index (χ1n) is 5.15. The Morgan fingerprint density at radius 3 is 2.60 bits per heavy atom. The number of hydrogen-bond donors (Lipinski definition) is 0. The average Bonchev–Trinajstić information content (AvgIpc) is 2.72. The van der Waals surface area contributed by atoms with Crippen molar-refractivity contribution in [2.75, 3.05) is 13.2 Å². The molecule has 0 spiro atoms. The van der Waals surface area contributed by atoms with Crippen LogP contribution >= 0.6 is 0 Å². The zero-order valence-electron chi connectivity index (χ0n) is 8.15. The van der Waals surface area contributed by atoms with Gasteiger partial charge in [-0.1, -0.05) is 12.1 Å². The lowest BCUT2D eigenvalue weighted by Gasteiger charge is -2.04. The Morgan fingerprint density at radius 2 is 1.93 bits per heavy atom. The molecule has 1 heterocycles. The van der Waals surface area contributed by atoms with Gasteiger partial charge in [-0.25, -0.2) is 4.39 Å². The maximum absolute atomic E-state index is 13.4. The van der Waals surface area contributed by atoms with Crippen molar-refractivity contribution in [3.63, 3.8) is 0 Å². The topological polar surface area (TPSA) is 26.3 Å². The summed E-state index contributed by atoms with van der Waals surface area (Å²) in [6.07, 6.45) is 0. The largest absolute Gasteiger partial charge is 0.381 e. The summed E-state index contributed by atoms with van der Waals surface area (Å²) >= 11 is 0. The van der Waals surface area contributed by atoms with Gasteiger partial charge in [0.15, 0.2) is 5.78 Å². The van der Waals surface area contributed by atoms with Crippen molar-refractivity contribution in [3.8, 4) is 0 Å². The van der Waals surface area contributed by atoms with Gasteiger partial charge in [0.1, 0.15) is 5.82 Å². The number of fused-ring (bicyclic) bond motifs is 1. The molecule has 1 aliphatic carbocycles. The fourth-order valence-electron chi connectivity index (χ4n) is 2.47. The zero-order chi connectivity index (χ0) is 10.4. The fraction of sp³-hybridized carbons (Fsp3) is 0.417. The highest BCUT2D eigenvalue weighted by Gasteiger charge is 2.58. The van der Waals surface area contributed by atoms with Crippen molar-refractivity contribution < 1.29 is 13.9 Å². The predicted octanol–water partition coefficient (Wildman–Crippen LogP) is 1.90. The van der Waals surface area contributed by atoms with Crippen molar-refractivity contribution in [1.29, 1.82) is 0 Å². The monoisotopic (exact) mass is 206 g/mol. The maximum atomic E-state index is 13.4. The molecule has 3 heteroatoms. The second-order valence-electron chi connectivity index (χ2n) is 4.24. The van der Waals surface area contributed by atoms with Crippen LogP contribution < -0.4 is 0 Å². The van der Waals surface area contributed by atoms with E-state index in [1.807, 2.05) is 0 Å². The van der Waals surface area contributed by atoms with E-state index >= 15 is 0 Å². The first-order valence-corrected chi connectivity index (χ1v) is 5.15. The number of rotatable bonds is 2. The minimum absolute atomic E-state index is 0.00986. The summed E-state index contributed by atoms with van der Waals surface area (Å²) in [4.78, 5) is 11.9. The van der Waals surface area contributed by atoms with E-state index in [1.165, 1.54) is 6.07 Å². The molecule has 0 aromatic heterocycles. The van der Waals surface area contributed by atoms with Crippen molar-refractivity contribution in [2.45, 2.75) is 0 Å². The van der Waals surface area contributed by atoms with Crippen LogP contribution in [0.2, 0.25) is 0 Å². The third kappa shape index (κ3) is 1.30. The van der Waals surface area contributed by atoms with Crippen LogP contribution in [-0.2, 0) is 4.74 Å². The molecule has 1 saturated heterocycles. The van der Waals surface area contributed by atoms with Gasteiger partial charge in [0.05, 0.1) is 18.8 Å². The number of hydrogen-bond acceptors (Lipinski definition) is 2. The molecule has 0 amide bonds. The standard InChI is InChI=1S/C12H11FO2/c13-10-4-2-1-3-7(10)12(14)11-8-5-15-6-9(8)11/h1-4,8-9,11H,5-6H2. The Morgan fingerprint density at radius 1 is 1.27 bits per heavy atom. The van der Waals surface area contributed by atoms with Crippen LogP contribution in [0.5, 0.6) is 0 Å². The van der Waals surface area contributed by atoms with Gasteiger partial charge >= 0.3 is 0 Å². The molecule has 3 rings (SSSR count). The van der Waals surface area contributed by atoms with E-state index < -0.39 is 5.82 Å². The molecule has 1 saturated carbocycles. The van der Waals surface area contributed by atoms with E-state index in [1.54, 1.807) is 18.2 Å². The summed E-state index contributed by atoms with van der Waals surface area (Å²) in [7, 11) is 0. The molecular formula is C12H11FO2. The first kappa shape index (κ1) is 9.04.